The van der Waals surface area contributed by atoms with Crippen LogP contribution in [0.25, 0.3) is 11.0 Å². The third-order valence-electron chi connectivity index (χ3n) is 2.99. The van der Waals surface area contributed by atoms with Gasteiger partial charge in [0.15, 0.2) is 0 Å². The molecule has 0 saturated heterocycles. The standard InChI is InChI=1S/C14H12N2O3S/c1-19-14-8-7-13-12(15-14)9-10-16(13)20(17,18)11-5-3-2-4-6-11/h2-10H,1H3. The molecule has 5 nitrogen and oxygen atoms in total. The van der Waals surface area contributed by atoms with Crippen LogP contribution >= 0.6 is 0 Å². The second-order valence-corrected chi connectivity index (χ2v) is 6.00. The van der Waals surface area contributed by atoms with E-state index >= 15 is 0 Å². The fourth-order valence-corrected chi connectivity index (χ4v) is 3.37. The van der Waals surface area contributed by atoms with Crippen molar-refractivity contribution >= 4 is 21.1 Å². The molecule has 0 aliphatic carbocycles. The average molecular weight is 288 g/mol. The van der Waals surface area contributed by atoms with Gasteiger partial charge < -0.3 is 4.74 Å². The van der Waals surface area contributed by atoms with Crippen LogP contribution in [-0.4, -0.2) is 24.5 Å². The second-order valence-electron chi connectivity index (χ2n) is 4.19. The van der Waals surface area contributed by atoms with Gasteiger partial charge in [0.1, 0.15) is 0 Å². The Morgan fingerprint density at radius 3 is 2.50 bits per heavy atom. The fourth-order valence-electron chi connectivity index (χ4n) is 2.01. The van der Waals surface area contributed by atoms with E-state index in [1.165, 1.54) is 17.3 Å². The molecule has 0 aliphatic heterocycles. The minimum Gasteiger partial charge on any atom is -0.481 e. The largest absolute Gasteiger partial charge is 0.481 e. The maximum absolute atomic E-state index is 12.6. The van der Waals surface area contributed by atoms with E-state index in [9.17, 15) is 8.42 Å². The predicted octanol–water partition coefficient (Wildman–Crippen LogP) is 2.28. The first-order valence-electron chi connectivity index (χ1n) is 5.95. The maximum atomic E-state index is 12.6. The van der Waals surface area contributed by atoms with Crippen LogP contribution in [0.4, 0.5) is 0 Å². The Morgan fingerprint density at radius 2 is 1.80 bits per heavy atom. The molecule has 102 valence electrons. The molecule has 2 aromatic heterocycles. The van der Waals surface area contributed by atoms with Crippen LogP contribution in [0.3, 0.4) is 0 Å². The number of benzene rings is 1. The second kappa shape index (κ2) is 4.64. The predicted molar refractivity (Wildman–Crippen MR) is 75.3 cm³/mol. The van der Waals surface area contributed by atoms with Crippen molar-refractivity contribution in [2.24, 2.45) is 0 Å². The number of aromatic nitrogens is 2. The van der Waals surface area contributed by atoms with Gasteiger partial charge in [-0.2, -0.15) is 0 Å². The number of ether oxygens (including phenoxy) is 1. The van der Waals surface area contributed by atoms with Crippen LogP contribution in [0.5, 0.6) is 5.88 Å². The fraction of sp³-hybridized carbons (Fsp3) is 0.0714. The number of rotatable bonds is 3. The van der Waals surface area contributed by atoms with Crippen LogP contribution in [-0.2, 0) is 10.0 Å². The highest BCUT2D eigenvalue weighted by molar-refractivity contribution is 7.90. The summed E-state index contributed by atoms with van der Waals surface area (Å²) in [6.07, 6.45) is 1.50. The van der Waals surface area contributed by atoms with Gasteiger partial charge in [-0.15, -0.1) is 0 Å². The van der Waals surface area contributed by atoms with Gasteiger partial charge in [0.05, 0.1) is 23.0 Å². The van der Waals surface area contributed by atoms with E-state index in [-0.39, 0.29) is 4.90 Å². The van der Waals surface area contributed by atoms with Crippen molar-refractivity contribution in [2.45, 2.75) is 4.90 Å². The smallest absolute Gasteiger partial charge is 0.268 e. The maximum Gasteiger partial charge on any atom is 0.268 e. The lowest BCUT2D eigenvalue weighted by Crippen LogP contribution is -2.11. The molecule has 20 heavy (non-hydrogen) atoms. The third kappa shape index (κ3) is 1.94. The van der Waals surface area contributed by atoms with Crippen LogP contribution in [0.2, 0.25) is 0 Å². The summed E-state index contributed by atoms with van der Waals surface area (Å²) in [6.45, 7) is 0. The van der Waals surface area contributed by atoms with Crippen molar-refractivity contribution in [3.8, 4) is 5.88 Å². The number of hydrogen-bond donors (Lipinski definition) is 0. The zero-order chi connectivity index (χ0) is 14.2. The van der Waals surface area contributed by atoms with Gasteiger partial charge >= 0.3 is 0 Å². The Hall–Kier alpha value is -2.34. The molecule has 0 atom stereocenters. The quantitative estimate of drug-likeness (QED) is 0.742. The van der Waals surface area contributed by atoms with Gasteiger partial charge in [0.25, 0.3) is 10.0 Å². The van der Waals surface area contributed by atoms with Gasteiger partial charge in [-0.05, 0) is 24.3 Å². The number of fused-ring (bicyclic) bond motifs is 1. The molecule has 0 N–H and O–H groups in total. The Labute approximate surface area is 116 Å². The molecule has 0 spiro atoms. The molecular weight excluding hydrogens is 276 g/mol. The number of hydrogen-bond acceptors (Lipinski definition) is 4. The first kappa shape index (κ1) is 12.7. The van der Waals surface area contributed by atoms with Crippen molar-refractivity contribution in [1.82, 2.24) is 8.96 Å². The Balaban J connectivity index is 2.20. The molecule has 0 unspecified atom stereocenters. The van der Waals surface area contributed by atoms with E-state index in [0.717, 1.165) is 0 Å². The first-order chi connectivity index (χ1) is 9.63. The first-order valence-corrected chi connectivity index (χ1v) is 7.39. The van der Waals surface area contributed by atoms with Gasteiger partial charge in [0, 0.05) is 12.3 Å². The van der Waals surface area contributed by atoms with E-state index in [0.29, 0.717) is 16.9 Å². The van der Waals surface area contributed by atoms with Gasteiger partial charge in [-0.25, -0.2) is 17.4 Å². The van der Waals surface area contributed by atoms with E-state index < -0.39 is 10.0 Å². The molecule has 0 radical (unpaired) electrons. The Kier molecular flexibility index (Phi) is 2.94. The molecule has 6 heteroatoms. The molecular formula is C14H12N2O3S. The molecule has 0 amide bonds. The third-order valence-corrected chi connectivity index (χ3v) is 4.70. The minimum absolute atomic E-state index is 0.244. The molecule has 0 saturated carbocycles. The highest BCUT2D eigenvalue weighted by atomic mass is 32.2. The van der Waals surface area contributed by atoms with Crippen molar-refractivity contribution < 1.29 is 13.2 Å². The lowest BCUT2D eigenvalue weighted by Gasteiger charge is -2.07. The summed E-state index contributed by atoms with van der Waals surface area (Å²) in [4.78, 5) is 4.46. The number of nitrogens with zero attached hydrogens (tertiary/aromatic N) is 2. The van der Waals surface area contributed by atoms with Gasteiger partial charge in [-0.1, -0.05) is 18.2 Å². The lowest BCUT2D eigenvalue weighted by molar-refractivity contribution is 0.399. The zero-order valence-corrected chi connectivity index (χ0v) is 11.5. The topological polar surface area (TPSA) is 61.2 Å². The molecule has 2 heterocycles. The number of methoxy groups -OCH3 is 1. The average Bonchev–Trinajstić information content (AvgIpc) is 2.91. The SMILES string of the molecule is COc1ccc2c(ccn2S(=O)(=O)c2ccccc2)n1. The van der Waals surface area contributed by atoms with Crippen molar-refractivity contribution in [1.29, 1.82) is 0 Å². The summed E-state index contributed by atoms with van der Waals surface area (Å²) >= 11 is 0. The molecule has 0 fully saturated rings. The minimum atomic E-state index is -3.61. The van der Waals surface area contributed by atoms with E-state index in [1.807, 2.05) is 0 Å². The zero-order valence-electron chi connectivity index (χ0n) is 10.7. The summed E-state index contributed by atoms with van der Waals surface area (Å²) in [5, 5.41) is 0. The Morgan fingerprint density at radius 1 is 1.05 bits per heavy atom. The summed E-state index contributed by atoms with van der Waals surface area (Å²) in [5.41, 5.74) is 1.10. The van der Waals surface area contributed by atoms with E-state index in [4.69, 9.17) is 4.74 Å². The van der Waals surface area contributed by atoms with Crippen LogP contribution in [0.1, 0.15) is 0 Å². The van der Waals surface area contributed by atoms with Crippen molar-refractivity contribution in [3.63, 3.8) is 0 Å². The van der Waals surface area contributed by atoms with E-state index in [2.05, 4.69) is 4.98 Å². The summed E-state index contributed by atoms with van der Waals surface area (Å²) in [7, 11) is -2.09. The molecule has 3 aromatic rings. The van der Waals surface area contributed by atoms with Crippen LogP contribution < -0.4 is 4.74 Å². The van der Waals surface area contributed by atoms with Crippen LogP contribution in [0, 0.1) is 0 Å². The van der Waals surface area contributed by atoms with E-state index in [1.54, 1.807) is 48.5 Å². The molecule has 0 aliphatic rings. The van der Waals surface area contributed by atoms with Crippen molar-refractivity contribution in [2.75, 3.05) is 7.11 Å². The van der Waals surface area contributed by atoms with Crippen molar-refractivity contribution in [3.05, 3.63) is 54.7 Å². The van der Waals surface area contributed by atoms with Gasteiger partial charge in [-0.3, -0.25) is 0 Å². The van der Waals surface area contributed by atoms with Crippen LogP contribution in [0.15, 0.2) is 59.6 Å². The molecule has 0 bridgehead atoms. The lowest BCUT2D eigenvalue weighted by atomic mass is 10.4. The normalized spacial score (nSPS) is 11.7. The summed E-state index contributed by atoms with van der Waals surface area (Å²) < 4.78 is 31.4. The molecule has 1 aromatic carbocycles. The summed E-state index contributed by atoms with van der Waals surface area (Å²) in [6, 6.07) is 13.3. The van der Waals surface area contributed by atoms with Gasteiger partial charge in [0.2, 0.25) is 5.88 Å². The highest BCUT2D eigenvalue weighted by Gasteiger charge is 2.18. The Bertz CT molecular complexity index is 855. The summed E-state index contributed by atoms with van der Waals surface area (Å²) in [5.74, 6) is 0.451. The number of pyridine rings is 1. The monoisotopic (exact) mass is 288 g/mol. The molecule has 3 rings (SSSR count). The highest BCUT2D eigenvalue weighted by Crippen LogP contribution is 2.22.